The van der Waals surface area contributed by atoms with E-state index in [1.165, 1.54) is 38.5 Å². The third kappa shape index (κ3) is 6.77. The number of hydrogen-bond acceptors (Lipinski definition) is 6. The Bertz CT molecular complexity index is 861. The van der Waals surface area contributed by atoms with E-state index in [2.05, 4.69) is 10.6 Å². The molecule has 0 spiro atoms. The number of fused-ring (bicyclic) bond motifs is 1. The average Bonchev–Trinajstić information content (AvgIpc) is 3.03. The van der Waals surface area contributed by atoms with Gasteiger partial charge in [0.25, 0.3) is 11.8 Å². The number of unbranched alkanes of at least 4 members (excludes halogenated alkanes) is 8. The average molecular weight is 479 g/mol. The molecule has 1 unspecified atom stereocenters. The zero-order valence-corrected chi connectivity index (χ0v) is 19.9. The minimum atomic E-state index is -0.941. The van der Waals surface area contributed by atoms with Crippen molar-refractivity contribution in [2.75, 3.05) is 18.4 Å². The second kappa shape index (κ2) is 13.3. The number of carbonyl (C=O) groups is 4. The van der Waals surface area contributed by atoms with E-state index in [9.17, 15) is 19.2 Å². The van der Waals surface area contributed by atoms with Crippen LogP contribution in [0.25, 0.3) is 0 Å². The Hall–Kier alpha value is -2.45. The first kappa shape index (κ1) is 26.8. The fourth-order valence-electron chi connectivity index (χ4n) is 4.39. The summed E-state index contributed by atoms with van der Waals surface area (Å²) in [5, 5.41) is 5.52. The van der Waals surface area contributed by atoms with Crippen molar-refractivity contribution in [2.24, 2.45) is 5.73 Å². The molecule has 1 fully saturated rings. The monoisotopic (exact) mass is 478 g/mol. The summed E-state index contributed by atoms with van der Waals surface area (Å²) in [5.74, 6) is -1.92. The van der Waals surface area contributed by atoms with Gasteiger partial charge in [0.2, 0.25) is 11.8 Å². The van der Waals surface area contributed by atoms with Crippen molar-refractivity contribution in [1.29, 1.82) is 0 Å². The normalized spacial score (nSPS) is 17.6. The summed E-state index contributed by atoms with van der Waals surface area (Å²) >= 11 is 0. The molecule has 2 heterocycles. The number of imide groups is 2. The smallest absolute Gasteiger partial charge is 0.264 e. The van der Waals surface area contributed by atoms with Crippen LogP contribution < -0.4 is 16.4 Å². The van der Waals surface area contributed by atoms with Crippen molar-refractivity contribution in [1.82, 2.24) is 10.2 Å². The van der Waals surface area contributed by atoms with Gasteiger partial charge in [-0.25, -0.2) is 0 Å². The van der Waals surface area contributed by atoms with Gasteiger partial charge in [0.05, 0.1) is 11.1 Å². The van der Waals surface area contributed by atoms with E-state index < -0.39 is 23.8 Å². The summed E-state index contributed by atoms with van der Waals surface area (Å²) < 4.78 is 0. The number of anilines is 1. The number of benzene rings is 1. The summed E-state index contributed by atoms with van der Waals surface area (Å²) in [6.07, 6.45) is 10.9. The molecule has 0 saturated carbocycles. The van der Waals surface area contributed by atoms with Gasteiger partial charge in [-0.05, 0) is 37.9 Å². The molecule has 3 rings (SSSR count). The number of halogens is 1. The Balaban J connectivity index is 0.00000385. The highest BCUT2D eigenvalue weighted by atomic mass is 35.5. The maximum Gasteiger partial charge on any atom is 0.264 e. The Kier molecular flexibility index (Phi) is 10.8. The molecule has 9 heteroatoms. The zero-order chi connectivity index (χ0) is 22.9. The van der Waals surface area contributed by atoms with Gasteiger partial charge in [-0.1, -0.05) is 51.0 Å². The number of nitrogens with one attached hydrogen (secondary N) is 2. The number of piperidine rings is 1. The van der Waals surface area contributed by atoms with E-state index in [-0.39, 0.29) is 31.2 Å². The van der Waals surface area contributed by atoms with Crippen LogP contribution in [-0.2, 0) is 9.59 Å². The third-order valence-corrected chi connectivity index (χ3v) is 6.16. The fourth-order valence-corrected chi connectivity index (χ4v) is 4.39. The quantitative estimate of drug-likeness (QED) is 0.295. The second-order valence-corrected chi connectivity index (χ2v) is 8.57. The Labute approximate surface area is 201 Å². The van der Waals surface area contributed by atoms with E-state index >= 15 is 0 Å². The first-order chi connectivity index (χ1) is 15.5. The number of amides is 4. The molecule has 4 N–H and O–H groups in total. The number of nitrogens with zero attached hydrogens (tertiary/aromatic N) is 1. The lowest BCUT2D eigenvalue weighted by molar-refractivity contribution is -0.136. The molecular weight excluding hydrogens is 444 g/mol. The predicted molar refractivity (Wildman–Crippen MR) is 129 cm³/mol. The molecule has 1 saturated heterocycles. The molecule has 2 aliphatic rings. The van der Waals surface area contributed by atoms with E-state index in [0.717, 1.165) is 30.7 Å². The standard InChI is InChI=1S/C24H34N4O4.ClH/c25-15-8-6-4-2-1-3-5-7-9-16-26-18-12-10-11-17-21(18)24(32)28(23(17)31)19-13-14-20(29)27-22(19)30;/h10-12,19,26H,1-9,13-16,25H2,(H,27,29,30);1H. The Morgan fingerprint density at radius 3 is 2.18 bits per heavy atom. The van der Waals surface area contributed by atoms with Gasteiger partial charge in [-0.15, -0.1) is 12.4 Å². The van der Waals surface area contributed by atoms with Gasteiger partial charge in [0.1, 0.15) is 6.04 Å². The highest BCUT2D eigenvalue weighted by molar-refractivity contribution is 6.25. The van der Waals surface area contributed by atoms with Gasteiger partial charge < -0.3 is 11.1 Å². The van der Waals surface area contributed by atoms with Crippen molar-refractivity contribution in [3.8, 4) is 0 Å². The molecule has 0 aromatic heterocycles. The lowest BCUT2D eigenvalue weighted by Crippen LogP contribution is -2.54. The number of rotatable bonds is 13. The number of nitrogens with two attached hydrogens (primary N) is 1. The third-order valence-electron chi connectivity index (χ3n) is 6.16. The summed E-state index contributed by atoms with van der Waals surface area (Å²) in [4.78, 5) is 50.5. The lowest BCUT2D eigenvalue weighted by atomic mass is 10.0. The van der Waals surface area contributed by atoms with Gasteiger partial charge in [-0.3, -0.25) is 29.4 Å². The largest absolute Gasteiger partial charge is 0.384 e. The summed E-state index contributed by atoms with van der Waals surface area (Å²) in [5.41, 5.74) is 6.75. The molecule has 182 valence electrons. The van der Waals surface area contributed by atoms with Crippen LogP contribution in [0, 0.1) is 0 Å². The first-order valence-electron chi connectivity index (χ1n) is 11.8. The van der Waals surface area contributed by atoms with E-state index in [4.69, 9.17) is 5.73 Å². The summed E-state index contributed by atoms with van der Waals surface area (Å²) in [6.45, 7) is 1.50. The lowest BCUT2D eigenvalue weighted by Gasteiger charge is -2.27. The molecule has 0 aliphatic carbocycles. The second-order valence-electron chi connectivity index (χ2n) is 8.57. The van der Waals surface area contributed by atoms with Crippen molar-refractivity contribution < 1.29 is 19.2 Å². The van der Waals surface area contributed by atoms with Crippen molar-refractivity contribution in [3.05, 3.63) is 29.3 Å². The molecule has 8 nitrogen and oxygen atoms in total. The first-order valence-corrected chi connectivity index (χ1v) is 11.8. The Morgan fingerprint density at radius 2 is 1.55 bits per heavy atom. The maximum atomic E-state index is 13.0. The van der Waals surface area contributed by atoms with Crippen LogP contribution in [0.2, 0.25) is 0 Å². The highest BCUT2D eigenvalue weighted by Crippen LogP contribution is 2.32. The molecule has 33 heavy (non-hydrogen) atoms. The van der Waals surface area contributed by atoms with Gasteiger partial charge in [0, 0.05) is 18.7 Å². The summed E-state index contributed by atoms with van der Waals surface area (Å²) in [6, 6.07) is 4.20. The number of hydrogen-bond donors (Lipinski definition) is 3. The van der Waals surface area contributed by atoms with Gasteiger partial charge in [-0.2, -0.15) is 0 Å². The molecule has 1 aromatic carbocycles. The minimum Gasteiger partial charge on any atom is -0.384 e. The molecule has 1 atom stereocenters. The predicted octanol–water partition coefficient (Wildman–Crippen LogP) is 3.39. The highest BCUT2D eigenvalue weighted by Gasteiger charge is 2.45. The van der Waals surface area contributed by atoms with E-state index in [0.29, 0.717) is 23.4 Å². The molecule has 1 aromatic rings. The van der Waals surface area contributed by atoms with Crippen LogP contribution in [0.5, 0.6) is 0 Å². The van der Waals surface area contributed by atoms with Crippen molar-refractivity contribution >= 4 is 41.7 Å². The van der Waals surface area contributed by atoms with Crippen LogP contribution >= 0.6 is 12.4 Å². The van der Waals surface area contributed by atoms with Crippen LogP contribution in [0.15, 0.2) is 18.2 Å². The SMILES string of the molecule is Cl.NCCCCCCCCCCCNc1cccc2c1C(=O)N(C1CCC(=O)NC1=O)C2=O. The molecule has 0 bridgehead atoms. The van der Waals surface area contributed by atoms with Crippen LogP contribution in [0.3, 0.4) is 0 Å². The Morgan fingerprint density at radius 1 is 0.909 bits per heavy atom. The van der Waals surface area contributed by atoms with Crippen molar-refractivity contribution in [2.45, 2.75) is 76.7 Å². The van der Waals surface area contributed by atoms with E-state index in [1.54, 1.807) is 18.2 Å². The molecule has 0 radical (unpaired) electrons. The molecular formula is C24H35ClN4O4. The molecule has 4 amide bonds. The van der Waals surface area contributed by atoms with Crippen molar-refractivity contribution in [3.63, 3.8) is 0 Å². The molecule has 2 aliphatic heterocycles. The number of carbonyl (C=O) groups excluding carboxylic acids is 4. The van der Waals surface area contributed by atoms with Crippen LogP contribution in [-0.4, -0.2) is 47.7 Å². The van der Waals surface area contributed by atoms with Crippen LogP contribution in [0.4, 0.5) is 5.69 Å². The minimum absolute atomic E-state index is 0. The van der Waals surface area contributed by atoms with E-state index in [1.807, 2.05) is 0 Å². The fraction of sp³-hybridized carbons (Fsp3) is 0.583. The van der Waals surface area contributed by atoms with Gasteiger partial charge in [0.15, 0.2) is 0 Å². The summed E-state index contributed by atoms with van der Waals surface area (Å²) in [7, 11) is 0. The van der Waals surface area contributed by atoms with Crippen LogP contribution in [0.1, 0.15) is 91.3 Å². The maximum absolute atomic E-state index is 13.0. The zero-order valence-electron chi connectivity index (χ0n) is 19.1. The topological polar surface area (TPSA) is 122 Å². The van der Waals surface area contributed by atoms with Gasteiger partial charge >= 0.3 is 0 Å².